The lowest BCUT2D eigenvalue weighted by atomic mass is 10.1. The fourth-order valence-electron chi connectivity index (χ4n) is 3.39. The molecule has 1 fully saturated rings. The summed E-state index contributed by atoms with van der Waals surface area (Å²) in [5.41, 5.74) is 2.65. The highest BCUT2D eigenvalue weighted by Crippen LogP contribution is 2.39. The van der Waals surface area contributed by atoms with Crippen LogP contribution in [-0.2, 0) is 11.4 Å². The molecule has 1 saturated heterocycles. The Balaban J connectivity index is 1.55. The van der Waals surface area contributed by atoms with Gasteiger partial charge in [0.2, 0.25) is 0 Å². The highest BCUT2D eigenvalue weighted by Gasteiger charge is 2.24. The molecule has 4 rings (SSSR count). The molecular formula is C27H22ClN3O4S. The maximum absolute atomic E-state index is 12.5. The van der Waals surface area contributed by atoms with Crippen LogP contribution in [0.2, 0.25) is 5.02 Å². The predicted molar refractivity (Wildman–Crippen MR) is 142 cm³/mol. The second-order valence-corrected chi connectivity index (χ2v) is 8.94. The Kier molecular flexibility index (Phi) is 8.16. The van der Waals surface area contributed by atoms with Crippen molar-refractivity contribution in [3.05, 3.63) is 87.3 Å². The van der Waals surface area contributed by atoms with Crippen molar-refractivity contribution in [1.29, 1.82) is 5.26 Å². The number of benzene rings is 3. The molecule has 0 spiro atoms. The fourth-order valence-corrected chi connectivity index (χ4v) is 4.50. The monoisotopic (exact) mass is 519 g/mol. The molecule has 0 aliphatic carbocycles. The zero-order valence-corrected chi connectivity index (χ0v) is 21.2. The van der Waals surface area contributed by atoms with Gasteiger partial charge in [0.05, 0.1) is 41.0 Å². The molecule has 1 aliphatic rings. The first-order valence-corrected chi connectivity index (χ1v) is 12.2. The van der Waals surface area contributed by atoms with Crippen LogP contribution >= 0.6 is 23.4 Å². The topological polar surface area (TPSA) is 92.9 Å². The number of carbonyl (C=O) groups excluding carboxylic acids is 1. The smallest absolute Gasteiger partial charge is 0.264 e. The summed E-state index contributed by atoms with van der Waals surface area (Å²) in [6.45, 7) is 2.42. The van der Waals surface area contributed by atoms with E-state index in [1.807, 2.05) is 31.2 Å². The lowest BCUT2D eigenvalue weighted by Crippen LogP contribution is -2.19. The van der Waals surface area contributed by atoms with Gasteiger partial charge in [-0.2, -0.15) is 5.26 Å². The number of amidine groups is 1. The molecular weight excluding hydrogens is 498 g/mol. The molecule has 182 valence electrons. The van der Waals surface area contributed by atoms with E-state index in [9.17, 15) is 10.1 Å². The van der Waals surface area contributed by atoms with E-state index in [1.54, 1.807) is 49.6 Å². The highest BCUT2D eigenvalue weighted by atomic mass is 35.5. The Morgan fingerprint density at radius 2 is 1.92 bits per heavy atom. The third-order valence-electron chi connectivity index (χ3n) is 5.09. The second-order valence-electron chi connectivity index (χ2n) is 7.50. The SMILES string of the molecule is CCOc1cc(/C=C2/SC(=Nc3ccc(OC)cc3)NC2=O)cc(Cl)c1OCc1ccccc1C#N. The number of thioether (sulfide) groups is 1. The molecule has 0 atom stereocenters. The fraction of sp³-hybridized carbons (Fsp3) is 0.148. The molecule has 1 amide bonds. The summed E-state index contributed by atoms with van der Waals surface area (Å²) < 4.78 is 16.9. The van der Waals surface area contributed by atoms with E-state index in [2.05, 4.69) is 16.4 Å². The Morgan fingerprint density at radius 3 is 2.64 bits per heavy atom. The quantitative estimate of drug-likeness (QED) is 0.362. The van der Waals surface area contributed by atoms with Crippen molar-refractivity contribution in [3.63, 3.8) is 0 Å². The summed E-state index contributed by atoms with van der Waals surface area (Å²) in [7, 11) is 1.60. The van der Waals surface area contributed by atoms with Crippen molar-refractivity contribution in [2.24, 2.45) is 4.99 Å². The standard InChI is InChI=1S/C27H22ClN3O4S/c1-3-34-23-13-17(12-22(28)25(23)35-16-19-7-5-4-6-18(19)15-29)14-24-26(32)31-27(36-24)30-20-8-10-21(33-2)11-9-20/h4-14H,3,16H2,1-2H3,(H,30,31,32)/b24-14+. The molecule has 9 heteroatoms. The van der Waals surface area contributed by atoms with Gasteiger partial charge in [0, 0.05) is 5.56 Å². The first-order chi connectivity index (χ1) is 17.5. The molecule has 0 unspecified atom stereocenters. The molecule has 0 aromatic heterocycles. The minimum atomic E-state index is -0.255. The van der Waals surface area contributed by atoms with Crippen LogP contribution in [0.4, 0.5) is 5.69 Å². The van der Waals surface area contributed by atoms with Gasteiger partial charge in [0.1, 0.15) is 12.4 Å². The zero-order valence-electron chi connectivity index (χ0n) is 19.6. The minimum Gasteiger partial charge on any atom is -0.497 e. The van der Waals surface area contributed by atoms with E-state index < -0.39 is 0 Å². The number of carbonyl (C=O) groups is 1. The third kappa shape index (κ3) is 6.00. The Morgan fingerprint density at radius 1 is 1.14 bits per heavy atom. The Labute approximate surface area is 218 Å². The summed E-state index contributed by atoms with van der Waals surface area (Å²) >= 11 is 7.78. The van der Waals surface area contributed by atoms with Crippen LogP contribution in [0, 0.1) is 11.3 Å². The van der Waals surface area contributed by atoms with Crippen LogP contribution in [0.5, 0.6) is 17.2 Å². The van der Waals surface area contributed by atoms with E-state index in [0.29, 0.717) is 50.0 Å². The third-order valence-corrected chi connectivity index (χ3v) is 6.28. The van der Waals surface area contributed by atoms with Crippen molar-refractivity contribution >= 4 is 46.2 Å². The van der Waals surface area contributed by atoms with Crippen LogP contribution in [0.25, 0.3) is 6.08 Å². The average Bonchev–Trinajstić information content (AvgIpc) is 3.22. The van der Waals surface area contributed by atoms with Crippen molar-refractivity contribution in [2.45, 2.75) is 13.5 Å². The number of methoxy groups -OCH3 is 1. The van der Waals surface area contributed by atoms with Crippen LogP contribution in [0.1, 0.15) is 23.6 Å². The molecule has 0 bridgehead atoms. The lowest BCUT2D eigenvalue weighted by Gasteiger charge is -2.15. The van der Waals surface area contributed by atoms with Gasteiger partial charge in [-0.1, -0.05) is 29.8 Å². The highest BCUT2D eigenvalue weighted by molar-refractivity contribution is 8.18. The minimum absolute atomic E-state index is 0.160. The van der Waals surface area contributed by atoms with Gasteiger partial charge in [-0.15, -0.1) is 0 Å². The Bertz CT molecular complexity index is 1380. The van der Waals surface area contributed by atoms with Gasteiger partial charge >= 0.3 is 0 Å². The van der Waals surface area contributed by atoms with Crippen molar-refractivity contribution < 1.29 is 19.0 Å². The number of nitriles is 1. The zero-order chi connectivity index (χ0) is 25.5. The van der Waals surface area contributed by atoms with Crippen LogP contribution < -0.4 is 19.5 Å². The van der Waals surface area contributed by atoms with Crippen LogP contribution in [0.3, 0.4) is 0 Å². The predicted octanol–water partition coefficient (Wildman–Crippen LogP) is 6.09. The summed E-state index contributed by atoms with van der Waals surface area (Å²) in [6, 6.07) is 20.0. The van der Waals surface area contributed by atoms with Crippen molar-refractivity contribution in [1.82, 2.24) is 5.32 Å². The number of ether oxygens (including phenoxy) is 3. The number of nitrogens with one attached hydrogen (secondary N) is 1. The van der Waals surface area contributed by atoms with Gasteiger partial charge in [0.25, 0.3) is 5.91 Å². The Hall–Kier alpha value is -3.93. The van der Waals surface area contributed by atoms with Crippen molar-refractivity contribution in [3.8, 4) is 23.3 Å². The number of rotatable bonds is 8. The largest absolute Gasteiger partial charge is 0.497 e. The number of hydrogen-bond acceptors (Lipinski definition) is 7. The normalized spacial score (nSPS) is 15.0. The number of amides is 1. The molecule has 7 nitrogen and oxygen atoms in total. The average molecular weight is 520 g/mol. The summed E-state index contributed by atoms with van der Waals surface area (Å²) in [6.07, 6.45) is 1.72. The summed E-state index contributed by atoms with van der Waals surface area (Å²) in [5.74, 6) is 1.29. The van der Waals surface area contributed by atoms with E-state index in [1.165, 1.54) is 11.8 Å². The molecule has 36 heavy (non-hydrogen) atoms. The van der Waals surface area contributed by atoms with Gasteiger partial charge in [-0.3, -0.25) is 4.79 Å². The first kappa shape index (κ1) is 25.2. The van der Waals surface area contributed by atoms with Gasteiger partial charge in [-0.05, 0) is 72.8 Å². The van der Waals surface area contributed by atoms with E-state index >= 15 is 0 Å². The number of halogens is 1. The number of nitrogens with zero attached hydrogens (tertiary/aromatic N) is 2. The molecule has 3 aromatic rings. The summed E-state index contributed by atoms with van der Waals surface area (Å²) in [5, 5.41) is 12.9. The maximum atomic E-state index is 12.5. The van der Waals surface area contributed by atoms with Gasteiger partial charge in [-0.25, -0.2) is 4.99 Å². The van der Waals surface area contributed by atoms with Gasteiger partial charge < -0.3 is 19.5 Å². The number of hydrogen-bond donors (Lipinski definition) is 1. The van der Waals surface area contributed by atoms with Crippen LogP contribution in [0.15, 0.2) is 70.6 Å². The molecule has 0 saturated carbocycles. The molecule has 1 N–H and O–H groups in total. The van der Waals surface area contributed by atoms with Gasteiger partial charge in [0.15, 0.2) is 16.7 Å². The lowest BCUT2D eigenvalue weighted by molar-refractivity contribution is -0.115. The van der Waals surface area contributed by atoms with E-state index in [0.717, 1.165) is 11.3 Å². The summed E-state index contributed by atoms with van der Waals surface area (Å²) in [4.78, 5) is 17.5. The van der Waals surface area contributed by atoms with E-state index in [-0.39, 0.29) is 12.5 Å². The number of aliphatic imine (C=N–C) groups is 1. The van der Waals surface area contributed by atoms with E-state index in [4.69, 9.17) is 25.8 Å². The molecule has 3 aromatic carbocycles. The molecule has 0 radical (unpaired) electrons. The maximum Gasteiger partial charge on any atom is 0.264 e. The van der Waals surface area contributed by atoms with Crippen molar-refractivity contribution in [2.75, 3.05) is 13.7 Å². The second kappa shape index (κ2) is 11.7. The molecule has 1 aliphatic heterocycles. The molecule has 1 heterocycles. The van der Waals surface area contributed by atoms with Crippen LogP contribution in [-0.4, -0.2) is 24.8 Å². The first-order valence-electron chi connectivity index (χ1n) is 11.0.